The number of anilines is 1. The minimum absolute atomic E-state index is 0.0550. The molecule has 0 fully saturated rings. The highest BCUT2D eigenvalue weighted by Gasteiger charge is 2.18. The molecule has 4 rings (SSSR count). The van der Waals surface area contributed by atoms with Gasteiger partial charge in [-0.3, -0.25) is 14.5 Å². The van der Waals surface area contributed by atoms with Gasteiger partial charge in [-0.25, -0.2) is 17.9 Å². The number of carbonyl (C=O) groups is 1. The number of terminal acetylenes is 1. The van der Waals surface area contributed by atoms with Crippen molar-refractivity contribution < 1.29 is 13.2 Å². The summed E-state index contributed by atoms with van der Waals surface area (Å²) in [7, 11) is -3.52. The smallest absolute Gasteiger partial charge is 0.232 e. The Balaban J connectivity index is 1.66. The standard InChI is InChI=1S/C23H19N5O3S/c1-2-3-4-14-32(30,31)27-19-7-5-6-18(15-19)21-10-13-25-23-20(16-26-28(21)23)22(29)17-8-11-24-12-9-17/h1,5-13,15-16,27H,3-4,14H2. The number of ketones is 1. The number of aromatic nitrogens is 4. The summed E-state index contributed by atoms with van der Waals surface area (Å²) in [5.41, 5.74) is 3.06. The maximum Gasteiger partial charge on any atom is 0.232 e. The van der Waals surface area contributed by atoms with Crippen LogP contribution in [0.2, 0.25) is 0 Å². The van der Waals surface area contributed by atoms with Crippen LogP contribution in [-0.2, 0) is 10.0 Å². The minimum Gasteiger partial charge on any atom is -0.288 e. The van der Waals surface area contributed by atoms with E-state index in [0.29, 0.717) is 46.6 Å². The molecule has 0 atom stereocenters. The van der Waals surface area contributed by atoms with E-state index in [1.165, 1.54) is 6.20 Å². The predicted molar refractivity (Wildman–Crippen MR) is 122 cm³/mol. The Morgan fingerprint density at radius 3 is 2.72 bits per heavy atom. The quantitative estimate of drug-likeness (QED) is 0.254. The first-order valence-electron chi connectivity index (χ1n) is 9.80. The molecule has 0 spiro atoms. The zero-order chi connectivity index (χ0) is 22.6. The van der Waals surface area contributed by atoms with Gasteiger partial charge in [0.1, 0.15) is 0 Å². The lowest BCUT2D eigenvalue weighted by Gasteiger charge is -2.10. The molecule has 32 heavy (non-hydrogen) atoms. The van der Waals surface area contributed by atoms with Gasteiger partial charge >= 0.3 is 0 Å². The lowest BCUT2D eigenvalue weighted by molar-refractivity contribution is 0.104. The van der Waals surface area contributed by atoms with Crippen molar-refractivity contribution in [2.75, 3.05) is 10.5 Å². The van der Waals surface area contributed by atoms with E-state index < -0.39 is 10.0 Å². The Kier molecular flexibility index (Phi) is 5.96. The lowest BCUT2D eigenvalue weighted by Crippen LogP contribution is -2.16. The first kappa shape index (κ1) is 21.2. The first-order chi connectivity index (χ1) is 15.5. The van der Waals surface area contributed by atoms with Crippen LogP contribution in [0.1, 0.15) is 28.8 Å². The van der Waals surface area contributed by atoms with E-state index >= 15 is 0 Å². The number of unbranched alkanes of at least 4 members (excludes halogenated alkanes) is 1. The van der Waals surface area contributed by atoms with Crippen LogP contribution in [0.15, 0.2) is 67.3 Å². The maximum absolute atomic E-state index is 12.9. The largest absolute Gasteiger partial charge is 0.288 e. The molecule has 3 heterocycles. The van der Waals surface area contributed by atoms with E-state index in [0.717, 1.165) is 0 Å². The number of pyridine rings is 1. The number of hydrogen-bond donors (Lipinski definition) is 1. The van der Waals surface area contributed by atoms with Gasteiger partial charge in [0.05, 0.1) is 23.2 Å². The van der Waals surface area contributed by atoms with Gasteiger partial charge in [0.15, 0.2) is 11.4 Å². The molecule has 0 unspecified atom stereocenters. The number of sulfonamides is 1. The lowest BCUT2D eigenvalue weighted by atomic mass is 10.1. The molecule has 0 aliphatic rings. The van der Waals surface area contributed by atoms with Gasteiger partial charge < -0.3 is 0 Å². The number of nitrogens with one attached hydrogen (secondary N) is 1. The summed E-state index contributed by atoms with van der Waals surface area (Å²) in [6.45, 7) is 0. The molecule has 1 N–H and O–H groups in total. The van der Waals surface area contributed by atoms with Gasteiger partial charge in [-0.2, -0.15) is 5.10 Å². The molecule has 0 aliphatic heterocycles. The average Bonchev–Trinajstić information content (AvgIpc) is 3.23. The van der Waals surface area contributed by atoms with Crippen molar-refractivity contribution in [3.63, 3.8) is 0 Å². The second kappa shape index (κ2) is 8.99. The summed E-state index contributed by atoms with van der Waals surface area (Å²) in [5.74, 6) is 2.17. The molecule has 0 amide bonds. The van der Waals surface area contributed by atoms with Gasteiger partial charge in [-0.1, -0.05) is 12.1 Å². The summed E-state index contributed by atoms with van der Waals surface area (Å²) in [6.07, 6.45) is 12.2. The van der Waals surface area contributed by atoms with Crippen LogP contribution >= 0.6 is 0 Å². The fourth-order valence-electron chi connectivity index (χ4n) is 3.27. The Bertz CT molecular complexity index is 1420. The molecule has 160 valence electrons. The molecule has 0 saturated carbocycles. The van der Waals surface area contributed by atoms with Crippen LogP contribution in [0.4, 0.5) is 5.69 Å². The fraction of sp³-hybridized carbons (Fsp3) is 0.130. The van der Waals surface area contributed by atoms with E-state index in [1.807, 2.05) is 6.07 Å². The highest BCUT2D eigenvalue weighted by Crippen LogP contribution is 2.25. The number of fused-ring (bicyclic) bond motifs is 1. The zero-order valence-corrected chi connectivity index (χ0v) is 17.8. The van der Waals surface area contributed by atoms with Gasteiger partial charge in [0, 0.05) is 41.8 Å². The van der Waals surface area contributed by atoms with Crippen molar-refractivity contribution in [2.24, 2.45) is 0 Å². The number of nitrogens with zero attached hydrogens (tertiary/aromatic N) is 4. The SMILES string of the molecule is C#CCCCS(=O)(=O)Nc1cccc(-c2ccnc3c(C(=O)c4ccncc4)cnn23)c1. The summed E-state index contributed by atoms with van der Waals surface area (Å²) in [6, 6.07) is 12.0. The van der Waals surface area contributed by atoms with Gasteiger partial charge in [0.25, 0.3) is 0 Å². The van der Waals surface area contributed by atoms with Crippen molar-refractivity contribution in [1.82, 2.24) is 19.6 Å². The van der Waals surface area contributed by atoms with Crippen LogP contribution in [0.5, 0.6) is 0 Å². The van der Waals surface area contributed by atoms with E-state index in [4.69, 9.17) is 6.42 Å². The van der Waals surface area contributed by atoms with E-state index in [-0.39, 0.29) is 11.5 Å². The van der Waals surface area contributed by atoms with Gasteiger partial charge in [-0.05, 0) is 36.8 Å². The first-order valence-corrected chi connectivity index (χ1v) is 11.5. The van der Waals surface area contributed by atoms with Crippen molar-refractivity contribution in [2.45, 2.75) is 12.8 Å². The number of carbonyl (C=O) groups excluding carboxylic acids is 1. The van der Waals surface area contributed by atoms with Crippen molar-refractivity contribution >= 4 is 27.1 Å². The van der Waals surface area contributed by atoms with Gasteiger partial charge in [0.2, 0.25) is 10.0 Å². The molecule has 0 bridgehead atoms. The molecule has 9 heteroatoms. The highest BCUT2D eigenvalue weighted by molar-refractivity contribution is 7.92. The third kappa shape index (κ3) is 4.50. The average molecular weight is 446 g/mol. The van der Waals surface area contributed by atoms with Crippen molar-refractivity contribution in [1.29, 1.82) is 0 Å². The zero-order valence-electron chi connectivity index (χ0n) is 17.0. The third-order valence-electron chi connectivity index (χ3n) is 4.75. The van der Waals surface area contributed by atoms with Gasteiger partial charge in [-0.15, -0.1) is 12.3 Å². The monoisotopic (exact) mass is 445 g/mol. The van der Waals surface area contributed by atoms with Crippen molar-refractivity contribution in [3.8, 4) is 23.6 Å². The molecule has 0 aliphatic carbocycles. The Labute approximate surface area is 185 Å². The summed E-state index contributed by atoms with van der Waals surface area (Å²) >= 11 is 0. The number of hydrogen-bond acceptors (Lipinski definition) is 6. The van der Waals surface area contributed by atoms with Crippen LogP contribution in [0, 0.1) is 12.3 Å². The molecule has 0 radical (unpaired) electrons. The fourth-order valence-corrected chi connectivity index (χ4v) is 4.38. The Morgan fingerprint density at radius 2 is 1.94 bits per heavy atom. The Hall–Kier alpha value is -4.03. The second-order valence-electron chi connectivity index (χ2n) is 7.00. The summed E-state index contributed by atoms with van der Waals surface area (Å²) in [5, 5.41) is 4.36. The number of benzene rings is 1. The van der Waals surface area contributed by atoms with E-state index in [9.17, 15) is 13.2 Å². The van der Waals surface area contributed by atoms with Crippen LogP contribution < -0.4 is 4.72 Å². The number of rotatable bonds is 8. The topological polar surface area (TPSA) is 106 Å². The van der Waals surface area contributed by atoms with Crippen LogP contribution in [0.3, 0.4) is 0 Å². The van der Waals surface area contributed by atoms with Crippen LogP contribution in [0.25, 0.3) is 16.9 Å². The normalized spacial score (nSPS) is 11.2. The molecule has 4 aromatic rings. The Morgan fingerprint density at radius 1 is 1.12 bits per heavy atom. The molecule has 8 nitrogen and oxygen atoms in total. The minimum atomic E-state index is -3.52. The highest BCUT2D eigenvalue weighted by atomic mass is 32.2. The van der Waals surface area contributed by atoms with Crippen LogP contribution in [-0.4, -0.2) is 39.5 Å². The molecular weight excluding hydrogens is 426 g/mol. The molecule has 1 aromatic carbocycles. The predicted octanol–water partition coefficient (Wildman–Crippen LogP) is 3.18. The third-order valence-corrected chi connectivity index (χ3v) is 6.13. The molecular formula is C23H19N5O3S. The summed E-state index contributed by atoms with van der Waals surface area (Å²) in [4.78, 5) is 21.1. The second-order valence-corrected chi connectivity index (χ2v) is 8.84. The molecule has 3 aromatic heterocycles. The van der Waals surface area contributed by atoms with E-state index in [1.54, 1.807) is 59.5 Å². The summed E-state index contributed by atoms with van der Waals surface area (Å²) < 4.78 is 28.7. The maximum atomic E-state index is 12.9. The van der Waals surface area contributed by atoms with E-state index in [2.05, 4.69) is 25.7 Å². The molecule has 0 saturated heterocycles. The van der Waals surface area contributed by atoms with Crippen molar-refractivity contribution in [3.05, 3.63) is 78.4 Å².